The van der Waals surface area contributed by atoms with Crippen LogP contribution in [0.1, 0.15) is 11.1 Å². The van der Waals surface area contributed by atoms with Crippen molar-refractivity contribution in [2.24, 2.45) is 0 Å². The molecule has 0 saturated carbocycles. The summed E-state index contributed by atoms with van der Waals surface area (Å²) < 4.78 is 26.8. The van der Waals surface area contributed by atoms with Crippen molar-refractivity contribution in [1.82, 2.24) is 4.98 Å². The summed E-state index contributed by atoms with van der Waals surface area (Å²) in [5.41, 5.74) is 1.59. The fourth-order valence-electron chi connectivity index (χ4n) is 1.61. The van der Waals surface area contributed by atoms with Crippen molar-refractivity contribution in [3.8, 4) is 0 Å². The SMILES string of the molecule is Cc1cccc(Cl)c1NS(=O)(=O)c1ccc(CO)cn1. The van der Waals surface area contributed by atoms with Crippen LogP contribution in [0.3, 0.4) is 0 Å². The van der Waals surface area contributed by atoms with Crippen molar-refractivity contribution in [3.05, 3.63) is 52.7 Å². The van der Waals surface area contributed by atoms with Gasteiger partial charge in [0, 0.05) is 6.20 Å². The Balaban J connectivity index is 2.35. The normalized spacial score (nSPS) is 11.3. The highest BCUT2D eigenvalue weighted by Crippen LogP contribution is 2.27. The second kappa shape index (κ2) is 5.78. The smallest absolute Gasteiger partial charge is 0.279 e. The van der Waals surface area contributed by atoms with Crippen LogP contribution in [0.2, 0.25) is 5.02 Å². The monoisotopic (exact) mass is 312 g/mol. The van der Waals surface area contributed by atoms with E-state index in [0.29, 0.717) is 21.8 Å². The number of aryl methyl sites for hydroxylation is 1. The van der Waals surface area contributed by atoms with Gasteiger partial charge in [0.2, 0.25) is 0 Å². The van der Waals surface area contributed by atoms with Crippen molar-refractivity contribution in [2.75, 3.05) is 4.72 Å². The third-order valence-corrected chi connectivity index (χ3v) is 4.29. The summed E-state index contributed by atoms with van der Waals surface area (Å²) >= 11 is 5.99. The van der Waals surface area contributed by atoms with E-state index >= 15 is 0 Å². The van der Waals surface area contributed by atoms with Gasteiger partial charge in [0.25, 0.3) is 10.0 Å². The number of para-hydroxylation sites is 1. The van der Waals surface area contributed by atoms with Crippen molar-refractivity contribution in [1.29, 1.82) is 0 Å². The predicted molar refractivity (Wildman–Crippen MR) is 77.2 cm³/mol. The van der Waals surface area contributed by atoms with Crippen LogP contribution in [0.5, 0.6) is 0 Å². The van der Waals surface area contributed by atoms with Crippen LogP contribution in [-0.2, 0) is 16.6 Å². The van der Waals surface area contributed by atoms with Crippen LogP contribution in [0.4, 0.5) is 5.69 Å². The zero-order valence-electron chi connectivity index (χ0n) is 10.7. The molecule has 0 aliphatic carbocycles. The molecule has 0 unspecified atom stereocenters. The molecule has 1 aromatic heterocycles. The molecule has 2 N–H and O–H groups in total. The molecule has 0 radical (unpaired) electrons. The Morgan fingerprint density at radius 3 is 2.60 bits per heavy atom. The Labute approximate surface area is 122 Å². The molecule has 0 amide bonds. The van der Waals surface area contributed by atoms with Gasteiger partial charge in [0.15, 0.2) is 5.03 Å². The third-order valence-electron chi connectivity index (χ3n) is 2.71. The van der Waals surface area contributed by atoms with Crippen LogP contribution in [-0.4, -0.2) is 18.5 Å². The zero-order valence-corrected chi connectivity index (χ0v) is 12.2. The first-order chi connectivity index (χ1) is 9.44. The molecule has 0 spiro atoms. The number of hydrogen-bond donors (Lipinski definition) is 2. The molecule has 7 heteroatoms. The number of aromatic nitrogens is 1. The summed E-state index contributed by atoms with van der Waals surface area (Å²) in [6.07, 6.45) is 1.31. The minimum absolute atomic E-state index is 0.131. The molecule has 0 aliphatic heterocycles. The maximum absolute atomic E-state index is 12.2. The molecule has 106 valence electrons. The van der Waals surface area contributed by atoms with Crippen molar-refractivity contribution >= 4 is 27.3 Å². The van der Waals surface area contributed by atoms with Gasteiger partial charge in [0.05, 0.1) is 17.3 Å². The average molecular weight is 313 g/mol. The maximum Gasteiger partial charge on any atom is 0.279 e. The lowest BCUT2D eigenvalue weighted by atomic mass is 10.2. The number of benzene rings is 1. The molecule has 5 nitrogen and oxygen atoms in total. The molecule has 2 aromatic rings. The third kappa shape index (κ3) is 3.09. The van der Waals surface area contributed by atoms with Crippen molar-refractivity contribution in [3.63, 3.8) is 0 Å². The van der Waals surface area contributed by atoms with Gasteiger partial charge < -0.3 is 5.11 Å². The molecule has 2 rings (SSSR count). The van der Waals surface area contributed by atoms with E-state index in [1.807, 2.05) is 0 Å². The van der Waals surface area contributed by atoms with Gasteiger partial charge in [-0.05, 0) is 30.2 Å². The largest absolute Gasteiger partial charge is 0.392 e. The average Bonchev–Trinajstić information content (AvgIpc) is 2.43. The lowest BCUT2D eigenvalue weighted by Gasteiger charge is -2.11. The second-order valence-corrected chi connectivity index (χ2v) is 6.24. The Morgan fingerprint density at radius 2 is 2.05 bits per heavy atom. The highest BCUT2D eigenvalue weighted by atomic mass is 35.5. The number of aliphatic hydroxyl groups excluding tert-OH is 1. The van der Waals surface area contributed by atoms with Crippen LogP contribution < -0.4 is 4.72 Å². The number of pyridine rings is 1. The highest BCUT2D eigenvalue weighted by Gasteiger charge is 2.18. The maximum atomic E-state index is 12.2. The summed E-state index contributed by atoms with van der Waals surface area (Å²) in [6.45, 7) is 1.57. The van der Waals surface area contributed by atoms with E-state index in [1.54, 1.807) is 25.1 Å². The highest BCUT2D eigenvalue weighted by molar-refractivity contribution is 7.92. The van der Waals surface area contributed by atoms with Crippen molar-refractivity contribution in [2.45, 2.75) is 18.6 Å². The number of nitrogens with one attached hydrogen (secondary N) is 1. The fourth-order valence-corrected chi connectivity index (χ4v) is 3.02. The number of sulfonamides is 1. The molecule has 1 aromatic carbocycles. The fraction of sp³-hybridized carbons (Fsp3) is 0.154. The van der Waals surface area contributed by atoms with Gasteiger partial charge in [-0.1, -0.05) is 29.8 Å². The van der Waals surface area contributed by atoms with E-state index in [9.17, 15) is 8.42 Å². The topological polar surface area (TPSA) is 79.3 Å². The van der Waals surface area contributed by atoms with E-state index < -0.39 is 10.0 Å². The lowest BCUT2D eigenvalue weighted by molar-refractivity contribution is 0.281. The van der Waals surface area contributed by atoms with Crippen LogP contribution in [0, 0.1) is 6.92 Å². The Bertz CT molecular complexity index is 695. The van der Waals surface area contributed by atoms with Gasteiger partial charge in [-0.3, -0.25) is 4.72 Å². The van der Waals surface area contributed by atoms with Gasteiger partial charge in [0.1, 0.15) is 0 Å². The number of rotatable bonds is 4. The first-order valence-electron chi connectivity index (χ1n) is 5.78. The first kappa shape index (κ1) is 14.8. The Morgan fingerprint density at radius 1 is 1.30 bits per heavy atom. The Kier molecular flexibility index (Phi) is 4.27. The summed E-state index contributed by atoms with van der Waals surface area (Å²) in [4.78, 5) is 3.82. The molecular formula is C13H13ClN2O3S. The van der Waals surface area contributed by atoms with E-state index in [4.69, 9.17) is 16.7 Å². The zero-order chi connectivity index (χ0) is 14.8. The first-order valence-corrected chi connectivity index (χ1v) is 7.64. The summed E-state index contributed by atoms with van der Waals surface area (Å²) in [5, 5.41) is 9.11. The van der Waals surface area contributed by atoms with E-state index in [-0.39, 0.29) is 11.6 Å². The van der Waals surface area contributed by atoms with E-state index in [1.165, 1.54) is 18.3 Å². The van der Waals surface area contributed by atoms with Crippen LogP contribution >= 0.6 is 11.6 Å². The minimum Gasteiger partial charge on any atom is -0.392 e. The van der Waals surface area contributed by atoms with E-state index in [2.05, 4.69) is 9.71 Å². The summed E-state index contributed by atoms with van der Waals surface area (Å²) in [6, 6.07) is 7.94. The minimum atomic E-state index is -3.81. The standard InChI is InChI=1S/C13H13ClN2O3S/c1-9-3-2-4-11(14)13(9)16-20(18,19)12-6-5-10(8-17)7-15-12/h2-7,16-17H,8H2,1H3. The quantitative estimate of drug-likeness (QED) is 0.908. The number of anilines is 1. The van der Waals surface area contributed by atoms with Gasteiger partial charge in [-0.2, -0.15) is 8.42 Å². The second-order valence-electron chi connectivity index (χ2n) is 4.20. The van der Waals surface area contributed by atoms with Gasteiger partial charge >= 0.3 is 0 Å². The van der Waals surface area contributed by atoms with Crippen LogP contribution in [0.15, 0.2) is 41.6 Å². The Hall–Kier alpha value is -1.63. The summed E-state index contributed by atoms with van der Waals surface area (Å²) in [5.74, 6) is 0. The number of hydrogen-bond acceptors (Lipinski definition) is 4. The number of nitrogens with zero attached hydrogens (tertiary/aromatic N) is 1. The molecule has 1 heterocycles. The van der Waals surface area contributed by atoms with E-state index in [0.717, 1.165) is 0 Å². The van der Waals surface area contributed by atoms with Crippen LogP contribution in [0.25, 0.3) is 0 Å². The van der Waals surface area contributed by atoms with Crippen molar-refractivity contribution < 1.29 is 13.5 Å². The van der Waals surface area contributed by atoms with Gasteiger partial charge in [-0.15, -0.1) is 0 Å². The lowest BCUT2D eigenvalue weighted by Crippen LogP contribution is -2.15. The number of halogens is 1. The molecule has 0 saturated heterocycles. The molecule has 0 fully saturated rings. The molecule has 0 aliphatic rings. The molecular weight excluding hydrogens is 300 g/mol. The predicted octanol–water partition coefficient (Wildman–Crippen LogP) is 2.34. The molecule has 20 heavy (non-hydrogen) atoms. The van der Waals surface area contributed by atoms with Gasteiger partial charge in [-0.25, -0.2) is 4.98 Å². The summed E-state index contributed by atoms with van der Waals surface area (Å²) in [7, 11) is -3.81. The molecule has 0 bridgehead atoms. The molecule has 0 atom stereocenters. The number of aliphatic hydroxyl groups is 1.